The van der Waals surface area contributed by atoms with Crippen molar-refractivity contribution in [1.82, 2.24) is 10.6 Å². The lowest BCUT2D eigenvalue weighted by Gasteiger charge is -2.09. The van der Waals surface area contributed by atoms with Gasteiger partial charge in [0.25, 0.3) is 0 Å². The molecule has 0 aliphatic carbocycles. The van der Waals surface area contributed by atoms with Gasteiger partial charge in [0, 0.05) is 31.2 Å². The lowest BCUT2D eigenvalue weighted by atomic mass is 10.2. The summed E-state index contributed by atoms with van der Waals surface area (Å²) in [6, 6.07) is 4.66. The van der Waals surface area contributed by atoms with Crippen LogP contribution in [0.1, 0.15) is 19.4 Å². The number of halogens is 2. The van der Waals surface area contributed by atoms with E-state index in [9.17, 15) is 8.78 Å². The van der Waals surface area contributed by atoms with Crippen molar-refractivity contribution in [3.8, 4) is 0 Å². The molecule has 2 nitrogen and oxygen atoms in total. The van der Waals surface area contributed by atoms with Gasteiger partial charge in [0.1, 0.15) is 0 Å². The Hall–Kier alpha value is -1.00. The van der Waals surface area contributed by atoms with Gasteiger partial charge in [-0.05, 0) is 6.07 Å². The molecule has 0 aliphatic heterocycles. The van der Waals surface area contributed by atoms with Gasteiger partial charge in [-0.25, -0.2) is 8.78 Å². The molecule has 1 aromatic carbocycles. The molecule has 0 atom stereocenters. The highest BCUT2D eigenvalue weighted by Gasteiger charge is 2.06. The van der Waals surface area contributed by atoms with E-state index in [0.29, 0.717) is 18.2 Å². The van der Waals surface area contributed by atoms with Gasteiger partial charge in [0.05, 0.1) is 0 Å². The first-order chi connectivity index (χ1) is 7.61. The normalized spacial score (nSPS) is 11.1. The van der Waals surface area contributed by atoms with Crippen molar-refractivity contribution in [2.75, 3.05) is 13.1 Å². The largest absolute Gasteiger partial charge is 0.313 e. The average Bonchev–Trinajstić information content (AvgIpc) is 2.23. The van der Waals surface area contributed by atoms with Crippen LogP contribution < -0.4 is 10.6 Å². The number of hydrogen-bond acceptors (Lipinski definition) is 2. The fourth-order valence-corrected chi connectivity index (χ4v) is 1.36. The Kier molecular flexibility index (Phi) is 5.35. The lowest BCUT2D eigenvalue weighted by molar-refractivity contribution is 0.490. The van der Waals surface area contributed by atoms with Crippen LogP contribution in [0.15, 0.2) is 18.2 Å². The Balaban J connectivity index is 2.29. The second-order valence-electron chi connectivity index (χ2n) is 4.00. The predicted molar refractivity (Wildman–Crippen MR) is 61.2 cm³/mol. The van der Waals surface area contributed by atoms with E-state index >= 15 is 0 Å². The predicted octanol–water partition coefficient (Wildman–Crippen LogP) is 2.05. The van der Waals surface area contributed by atoms with Crippen LogP contribution in [0.25, 0.3) is 0 Å². The molecule has 0 fully saturated rings. The third-order valence-corrected chi connectivity index (χ3v) is 2.20. The van der Waals surface area contributed by atoms with E-state index in [-0.39, 0.29) is 0 Å². The lowest BCUT2D eigenvalue weighted by Crippen LogP contribution is -2.31. The van der Waals surface area contributed by atoms with Gasteiger partial charge in [-0.2, -0.15) is 0 Å². The Morgan fingerprint density at radius 1 is 1.19 bits per heavy atom. The average molecular weight is 228 g/mol. The van der Waals surface area contributed by atoms with Crippen molar-refractivity contribution < 1.29 is 8.78 Å². The molecule has 0 bridgehead atoms. The van der Waals surface area contributed by atoms with Crippen LogP contribution in [0.2, 0.25) is 0 Å². The van der Waals surface area contributed by atoms with E-state index in [4.69, 9.17) is 0 Å². The zero-order chi connectivity index (χ0) is 12.0. The van der Waals surface area contributed by atoms with Gasteiger partial charge < -0.3 is 10.6 Å². The summed E-state index contributed by atoms with van der Waals surface area (Å²) in [4.78, 5) is 0. The van der Waals surface area contributed by atoms with E-state index < -0.39 is 11.6 Å². The third kappa shape index (κ3) is 4.24. The van der Waals surface area contributed by atoms with E-state index in [1.807, 2.05) is 0 Å². The standard InChI is InChI=1S/C12H18F2N2/c1-9(2)16-7-6-15-8-10-4-3-5-11(13)12(10)14/h3-5,9,15-16H,6-8H2,1-2H3. The minimum Gasteiger partial charge on any atom is -0.313 e. The van der Waals surface area contributed by atoms with E-state index in [0.717, 1.165) is 19.2 Å². The van der Waals surface area contributed by atoms with Gasteiger partial charge in [0.2, 0.25) is 0 Å². The Morgan fingerprint density at radius 3 is 2.62 bits per heavy atom. The number of nitrogens with one attached hydrogen (secondary N) is 2. The summed E-state index contributed by atoms with van der Waals surface area (Å²) in [6.45, 7) is 6.02. The van der Waals surface area contributed by atoms with Crippen LogP contribution in [0.4, 0.5) is 8.78 Å². The summed E-state index contributed by atoms with van der Waals surface area (Å²) >= 11 is 0. The van der Waals surface area contributed by atoms with Gasteiger partial charge >= 0.3 is 0 Å². The number of rotatable bonds is 6. The summed E-state index contributed by atoms with van der Waals surface area (Å²) in [5.74, 6) is -1.55. The molecule has 1 aromatic rings. The molecule has 0 saturated heterocycles. The van der Waals surface area contributed by atoms with Crippen LogP contribution in [0.3, 0.4) is 0 Å². The molecule has 0 unspecified atom stereocenters. The van der Waals surface area contributed by atoms with Crippen molar-refractivity contribution in [2.24, 2.45) is 0 Å². The van der Waals surface area contributed by atoms with Crippen LogP contribution in [0, 0.1) is 11.6 Å². The maximum absolute atomic E-state index is 13.2. The molecule has 2 N–H and O–H groups in total. The van der Waals surface area contributed by atoms with Crippen molar-refractivity contribution in [3.63, 3.8) is 0 Å². The van der Waals surface area contributed by atoms with Crippen LogP contribution >= 0.6 is 0 Å². The number of hydrogen-bond donors (Lipinski definition) is 2. The second kappa shape index (κ2) is 6.55. The molecular weight excluding hydrogens is 210 g/mol. The minimum absolute atomic E-state index is 0.351. The van der Waals surface area contributed by atoms with Gasteiger partial charge in [-0.1, -0.05) is 26.0 Å². The molecule has 0 radical (unpaired) electrons. The van der Waals surface area contributed by atoms with E-state index in [1.54, 1.807) is 6.07 Å². The molecule has 1 rings (SSSR count). The molecule has 0 aromatic heterocycles. The highest BCUT2D eigenvalue weighted by atomic mass is 19.2. The Morgan fingerprint density at radius 2 is 1.94 bits per heavy atom. The summed E-state index contributed by atoms with van der Waals surface area (Å²) in [7, 11) is 0. The molecule has 16 heavy (non-hydrogen) atoms. The molecule has 90 valence electrons. The molecular formula is C12H18F2N2. The second-order valence-corrected chi connectivity index (χ2v) is 4.00. The van der Waals surface area contributed by atoms with Gasteiger partial charge in [0.15, 0.2) is 11.6 Å². The highest BCUT2D eigenvalue weighted by molar-refractivity contribution is 5.18. The molecule has 4 heteroatoms. The number of benzene rings is 1. The monoisotopic (exact) mass is 228 g/mol. The van der Waals surface area contributed by atoms with Gasteiger partial charge in [-0.3, -0.25) is 0 Å². The third-order valence-electron chi connectivity index (χ3n) is 2.20. The zero-order valence-electron chi connectivity index (χ0n) is 9.69. The Bertz CT molecular complexity index is 327. The van der Waals surface area contributed by atoms with Crippen molar-refractivity contribution >= 4 is 0 Å². The fraction of sp³-hybridized carbons (Fsp3) is 0.500. The quantitative estimate of drug-likeness (QED) is 0.728. The first-order valence-corrected chi connectivity index (χ1v) is 5.48. The first-order valence-electron chi connectivity index (χ1n) is 5.48. The van der Waals surface area contributed by atoms with Crippen molar-refractivity contribution in [3.05, 3.63) is 35.4 Å². The van der Waals surface area contributed by atoms with Crippen LogP contribution in [0.5, 0.6) is 0 Å². The fourth-order valence-electron chi connectivity index (χ4n) is 1.36. The summed E-state index contributed by atoms with van der Waals surface area (Å²) in [5.41, 5.74) is 0.365. The van der Waals surface area contributed by atoms with E-state index in [2.05, 4.69) is 24.5 Å². The molecule has 0 aliphatic rings. The SMILES string of the molecule is CC(C)NCCNCc1cccc(F)c1F. The molecule has 0 heterocycles. The van der Waals surface area contributed by atoms with Crippen molar-refractivity contribution in [1.29, 1.82) is 0 Å². The maximum Gasteiger partial charge on any atom is 0.163 e. The summed E-state index contributed by atoms with van der Waals surface area (Å²) in [5, 5.41) is 6.28. The first kappa shape index (κ1) is 13.1. The van der Waals surface area contributed by atoms with Crippen LogP contribution in [-0.4, -0.2) is 19.1 Å². The van der Waals surface area contributed by atoms with Gasteiger partial charge in [-0.15, -0.1) is 0 Å². The maximum atomic E-state index is 13.2. The van der Waals surface area contributed by atoms with E-state index in [1.165, 1.54) is 6.07 Å². The molecule has 0 amide bonds. The smallest absolute Gasteiger partial charge is 0.163 e. The molecule has 0 saturated carbocycles. The highest BCUT2D eigenvalue weighted by Crippen LogP contribution is 2.10. The van der Waals surface area contributed by atoms with Crippen molar-refractivity contribution in [2.45, 2.75) is 26.4 Å². The van der Waals surface area contributed by atoms with Crippen LogP contribution in [-0.2, 0) is 6.54 Å². The zero-order valence-corrected chi connectivity index (χ0v) is 9.69. The molecule has 0 spiro atoms. The topological polar surface area (TPSA) is 24.1 Å². The Labute approximate surface area is 95.1 Å². The summed E-state index contributed by atoms with van der Waals surface area (Å²) in [6.07, 6.45) is 0. The minimum atomic E-state index is -0.792. The summed E-state index contributed by atoms with van der Waals surface area (Å²) < 4.78 is 26.1.